The van der Waals surface area contributed by atoms with E-state index in [0.717, 1.165) is 15.4 Å². The Morgan fingerprint density at radius 1 is 0.875 bits per heavy atom. The van der Waals surface area contributed by atoms with Crippen LogP contribution in [0.5, 0.6) is 0 Å². The molecular formula is C30H35Cl2N3O4S. The zero-order chi connectivity index (χ0) is 29.8. The van der Waals surface area contributed by atoms with E-state index >= 15 is 0 Å². The maximum absolute atomic E-state index is 14.0. The van der Waals surface area contributed by atoms with Crippen LogP contribution in [0.4, 0.5) is 5.69 Å². The van der Waals surface area contributed by atoms with Crippen LogP contribution in [0, 0.1) is 20.8 Å². The molecule has 0 saturated heterocycles. The SMILES string of the molecule is Cc1ccc(S(=O)(=O)N(CC(=O)N(Cc2ccc(Cl)cc2Cl)[C@@H](C)C(=O)NC(C)C)c2ccc(C)cc2C)cc1. The van der Waals surface area contributed by atoms with Crippen LogP contribution in [0.3, 0.4) is 0 Å². The fourth-order valence-corrected chi connectivity index (χ4v) is 6.20. The highest BCUT2D eigenvalue weighted by Crippen LogP contribution is 2.29. The lowest BCUT2D eigenvalue weighted by Gasteiger charge is -2.33. The number of amides is 2. The zero-order valence-corrected chi connectivity index (χ0v) is 25.9. The van der Waals surface area contributed by atoms with Crippen molar-refractivity contribution in [1.29, 1.82) is 0 Å². The highest BCUT2D eigenvalue weighted by molar-refractivity contribution is 7.92. The van der Waals surface area contributed by atoms with Crippen LogP contribution in [0.1, 0.15) is 43.0 Å². The summed E-state index contributed by atoms with van der Waals surface area (Å²) in [6, 6.07) is 15.6. The molecule has 0 fully saturated rings. The fourth-order valence-electron chi connectivity index (χ4n) is 4.26. The maximum atomic E-state index is 14.0. The summed E-state index contributed by atoms with van der Waals surface area (Å²) in [4.78, 5) is 28.5. The Morgan fingerprint density at radius 2 is 1.50 bits per heavy atom. The van der Waals surface area contributed by atoms with E-state index in [1.807, 2.05) is 33.8 Å². The molecule has 0 saturated carbocycles. The lowest BCUT2D eigenvalue weighted by atomic mass is 10.1. The minimum absolute atomic E-state index is 0.0210. The molecule has 3 aromatic carbocycles. The summed E-state index contributed by atoms with van der Waals surface area (Å²) in [5, 5.41) is 3.60. The summed E-state index contributed by atoms with van der Waals surface area (Å²) in [7, 11) is -4.14. The number of sulfonamides is 1. The van der Waals surface area contributed by atoms with Crippen molar-refractivity contribution in [3.8, 4) is 0 Å². The molecular weight excluding hydrogens is 569 g/mol. The van der Waals surface area contributed by atoms with E-state index in [1.165, 1.54) is 17.0 Å². The summed E-state index contributed by atoms with van der Waals surface area (Å²) in [5.74, 6) is -0.930. The second-order valence-electron chi connectivity index (χ2n) is 10.2. The minimum atomic E-state index is -4.14. The van der Waals surface area contributed by atoms with Gasteiger partial charge in [-0.2, -0.15) is 0 Å². The third-order valence-corrected chi connectivity index (χ3v) is 8.82. The van der Waals surface area contributed by atoms with Gasteiger partial charge in [-0.25, -0.2) is 8.42 Å². The average Bonchev–Trinajstić information content (AvgIpc) is 2.86. The average molecular weight is 605 g/mol. The van der Waals surface area contributed by atoms with Crippen LogP contribution in [-0.2, 0) is 26.2 Å². The van der Waals surface area contributed by atoms with Crippen molar-refractivity contribution in [3.05, 3.63) is 93.0 Å². The lowest BCUT2D eigenvalue weighted by Crippen LogP contribution is -2.52. The molecule has 3 rings (SSSR count). The van der Waals surface area contributed by atoms with Crippen LogP contribution >= 0.6 is 23.2 Å². The second-order valence-corrected chi connectivity index (χ2v) is 12.9. The molecule has 0 spiro atoms. The third-order valence-electron chi connectivity index (χ3n) is 6.46. The summed E-state index contributed by atoms with van der Waals surface area (Å²) in [6.45, 7) is 10.3. The first-order valence-electron chi connectivity index (χ1n) is 12.9. The molecule has 2 amide bonds. The van der Waals surface area contributed by atoms with Gasteiger partial charge >= 0.3 is 0 Å². The molecule has 40 heavy (non-hydrogen) atoms. The van der Waals surface area contributed by atoms with Crippen molar-refractivity contribution in [2.45, 2.75) is 65.1 Å². The number of rotatable bonds is 10. The van der Waals surface area contributed by atoms with Gasteiger partial charge in [-0.1, -0.05) is 64.7 Å². The zero-order valence-electron chi connectivity index (χ0n) is 23.5. The number of benzene rings is 3. The highest BCUT2D eigenvalue weighted by Gasteiger charge is 2.33. The van der Waals surface area contributed by atoms with Gasteiger partial charge in [0.25, 0.3) is 10.0 Å². The van der Waals surface area contributed by atoms with Crippen LogP contribution < -0.4 is 9.62 Å². The summed E-state index contributed by atoms with van der Waals surface area (Å²) in [5.41, 5.74) is 3.51. The van der Waals surface area contributed by atoms with E-state index in [1.54, 1.807) is 56.3 Å². The first kappa shape index (κ1) is 31.5. The smallest absolute Gasteiger partial charge is 0.264 e. The molecule has 0 aliphatic carbocycles. The normalized spacial score (nSPS) is 12.2. The standard InChI is InChI=1S/C30H35Cl2N3O4S/c1-19(2)33-30(37)23(6)34(17-24-10-11-25(31)16-27(24)32)29(36)18-35(28-14-9-21(4)15-22(28)5)40(38,39)26-12-7-20(3)8-13-26/h7-16,19,23H,17-18H2,1-6H3,(H,33,37)/t23-/m0/s1. The predicted molar refractivity (Wildman–Crippen MR) is 161 cm³/mol. The Kier molecular flexibility index (Phi) is 10.3. The van der Waals surface area contributed by atoms with Crippen LogP contribution in [-0.4, -0.2) is 43.8 Å². The van der Waals surface area contributed by atoms with Crippen molar-refractivity contribution in [3.63, 3.8) is 0 Å². The summed E-state index contributed by atoms with van der Waals surface area (Å²) in [6.07, 6.45) is 0. The predicted octanol–water partition coefficient (Wildman–Crippen LogP) is 6.06. The number of halogens is 2. The number of carbonyl (C=O) groups is 2. The molecule has 0 aliphatic rings. The molecule has 1 atom stereocenters. The van der Waals surface area contributed by atoms with Gasteiger partial charge < -0.3 is 10.2 Å². The van der Waals surface area contributed by atoms with E-state index in [9.17, 15) is 18.0 Å². The Labute approximate surface area is 247 Å². The summed E-state index contributed by atoms with van der Waals surface area (Å²) < 4.78 is 29.1. The number of hydrogen-bond acceptors (Lipinski definition) is 4. The van der Waals surface area contributed by atoms with Gasteiger partial charge in [0.15, 0.2) is 0 Å². The van der Waals surface area contributed by atoms with E-state index in [4.69, 9.17) is 23.2 Å². The fraction of sp³-hybridized carbons (Fsp3) is 0.333. The topological polar surface area (TPSA) is 86.8 Å². The first-order chi connectivity index (χ1) is 18.7. The molecule has 7 nitrogen and oxygen atoms in total. The Bertz CT molecular complexity index is 1490. The van der Waals surface area contributed by atoms with Gasteiger partial charge in [0, 0.05) is 22.6 Å². The number of carbonyl (C=O) groups excluding carboxylic acids is 2. The highest BCUT2D eigenvalue weighted by atomic mass is 35.5. The Hall–Kier alpha value is -3.07. The number of aryl methyl sites for hydroxylation is 3. The molecule has 0 heterocycles. The largest absolute Gasteiger partial charge is 0.352 e. The molecule has 0 radical (unpaired) electrons. The van der Waals surface area contributed by atoms with Crippen molar-refractivity contribution >= 4 is 50.7 Å². The van der Waals surface area contributed by atoms with Gasteiger partial charge in [-0.15, -0.1) is 0 Å². The van der Waals surface area contributed by atoms with Gasteiger partial charge in [0.1, 0.15) is 12.6 Å². The van der Waals surface area contributed by atoms with Gasteiger partial charge in [-0.05, 0) is 83.0 Å². The molecule has 3 aromatic rings. The van der Waals surface area contributed by atoms with Gasteiger partial charge in [0.05, 0.1) is 10.6 Å². The van der Waals surface area contributed by atoms with Crippen molar-refractivity contribution < 1.29 is 18.0 Å². The lowest BCUT2D eigenvalue weighted by molar-refractivity contribution is -0.139. The third kappa shape index (κ3) is 7.56. The van der Waals surface area contributed by atoms with Crippen molar-refractivity contribution in [2.24, 2.45) is 0 Å². The Balaban J connectivity index is 2.09. The van der Waals surface area contributed by atoms with Crippen LogP contribution in [0.2, 0.25) is 10.0 Å². The molecule has 214 valence electrons. The summed E-state index contributed by atoms with van der Waals surface area (Å²) >= 11 is 12.5. The molecule has 0 bridgehead atoms. The molecule has 0 aliphatic heterocycles. The van der Waals surface area contributed by atoms with Gasteiger partial charge in [0.2, 0.25) is 11.8 Å². The monoisotopic (exact) mass is 603 g/mol. The first-order valence-corrected chi connectivity index (χ1v) is 15.1. The molecule has 0 unspecified atom stereocenters. The number of hydrogen-bond donors (Lipinski definition) is 1. The second kappa shape index (κ2) is 13.1. The number of nitrogens with one attached hydrogen (secondary N) is 1. The Morgan fingerprint density at radius 3 is 2.08 bits per heavy atom. The van der Waals surface area contributed by atoms with Crippen molar-refractivity contribution in [2.75, 3.05) is 10.8 Å². The van der Waals surface area contributed by atoms with Crippen LogP contribution in [0.25, 0.3) is 0 Å². The molecule has 10 heteroatoms. The minimum Gasteiger partial charge on any atom is -0.352 e. The molecule has 0 aromatic heterocycles. The quantitative estimate of drug-likeness (QED) is 0.305. The van der Waals surface area contributed by atoms with E-state index in [-0.39, 0.29) is 23.4 Å². The van der Waals surface area contributed by atoms with E-state index < -0.39 is 28.5 Å². The van der Waals surface area contributed by atoms with Gasteiger partial charge in [-0.3, -0.25) is 13.9 Å². The maximum Gasteiger partial charge on any atom is 0.264 e. The number of anilines is 1. The van der Waals surface area contributed by atoms with Crippen LogP contribution in [0.15, 0.2) is 65.6 Å². The van der Waals surface area contributed by atoms with Crippen molar-refractivity contribution in [1.82, 2.24) is 10.2 Å². The number of nitrogens with zero attached hydrogens (tertiary/aromatic N) is 2. The van der Waals surface area contributed by atoms with E-state index in [0.29, 0.717) is 26.9 Å². The molecule has 1 N–H and O–H groups in total. The van der Waals surface area contributed by atoms with E-state index in [2.05, 4.69) is 5.32 Å².